The van der Waals surface area contributed by atoms with E-state index in [4.69, 9.17) is 0 Å². The minimum absolute atomic E-state index is 0.157. The zero-order chi connectivity index (χ0) is 12.1. The molecule has 1 aliphatic heterocycles. The van der Waals surface area contributed by atoms with E-state index in [9.17, 15) is 9.18 Å². The highest BCUT2D eigenvalue weighted by molar-refractivity contribution is 5.52. The molecule has 1 aromatic carbocycles. The maximum absolute atomic E-state index is 13.9. The predicted octanol–water partition coefficient (Wildman–Crippen LogP) is 2.95. The normalized spacial score (nSPS) is 15.9. The van der Waals surface area contributed by atoms with E-state index in [1.807, 2.05) is 12.1 Å². The smallest absolute Gasteiger partial charge is 0.146 e. The van der Waals surface area contributed by atoms with Gasteiger partial charge in [-0.05, 0) is 43.4 Å². The average Bonchev–Trinajstić information content (AvgIpc) is 2.37. The molecule has 0 N–H and O–H groups in total. The van der Waals surface area contributed by atoms with Crippen molar-refractivity contribution < 1.29 is 9.18 Å². The third-order valence-corrected chi connectivity index (χ3v) is 3.26. The number of halogens is 1. The highest BCUT2D eigenvalue weighted by atomic mass is 19.1. The lowest BCUT2D eigenvalue weighted by molar-refractivity contribution is -0.107. The van der Waals surface area contributed by atoms with Gasteiger partial charge in [0.05, 0.1) is 5.69 Å². The van der Waals surface area contributed by atoms with Gasteiger partial charge >= 0.3 is 0 Å². The molecule has 0 unspecified atom stereocenters. The SMILES string of the molecule is O=CCCc1ccc(N2CCCCC2)c(F)c1. The summed E-state index contributed by atoms with van der Waals surface area (Å²) in [7, 11) is 0. The standard InChI is InChI=1S/C14H18FNO/c15-13-11-12(5-4-10-17)6-7-14(13)16-8-2-1-3-9-16/h6-7,10-11H,1-5,8-9H2. The molecule has 0 spiro atoms. The first-order valence-electron chi connectivity index (χ1n) is 6.28. The molecule has 17 heavy (non-hydrogen) atoms. The Morgan fingerprint density at radius 1 is 1.24 bits per heavy atom. The molecule has 0 atom stereocenters. The van der Waals surface area contributed by atoms with Gasteiger partial charge in [-0.25, -0.2) is 4.39 Å². The van der Waals surface area contributed by atoms with Crippen LogP contribution >= 0.6 is 0 Å². The largest absolute Gasteiger partial charge is 0.369 e. The molecule has 2 nitrogen and oxygen atoms in total. The van der Waals surface area contributed by atoms with Gasteiger partial charge < -0.3 is 9.69 Å². The quantitative estimate of drug-likeness (QED) is 0.748. The third kappa shape index (κ3) is 3.05. The van der Waals surface area contributed by atoms with Crippen LogP contribution in [0.5, 0.6) is 0 Å². The lowest BCUT2D eigenvalue weighted by Gasteiger charge is -2.29. The lowest BCUT2D eigenvalue weighted by Crippen LogP contribution is -2.30. The number of anilines is 1. The second-order valence-corrected chi connectivity index (χ2v) is 4.54. The summed E-state index contributed by atoms with van der Waals surface area (Å²) in [5.41, 5.74) is 1.61. The predicted molar refractivity (Wildman–Crippen MR) is 66.8 cm³/mol. The topological polar surface area (TPSA) is 20.3 Å². The second-order valence-electron chi connectivity index (χ2n) is 4.54. The highest BCUT2D eigenvalue weighted by Gasteiger charge is 2.14. The first-order valence-corrected chi connectivity index (χ1v) is 6.28. The van der Waals surface area contributed by atoms with E-state index in [1.54, 1.807) is 6.07 Å². The summed E-state index contributed by atoms with van der Waals surface area (Å²) in [5, 5.41) is 0. The number of aldehydes is 1. The van der Waals surface area contributed by atoms with E-state index in [0.717, 1.165) is 37.8 Å². The molecule has 0 amide bonds. The Kier molecular flexibility index (Phi) is 4.13. The summed E-state index contributed by atoms with van der Waals surface area (Å²) in [6, 6.07) is 5.34. The van der Waals surface area contributed by atoms with Crippen molar-refractivity contribution in [2.24, 2.45) is 0 Å². The first-order chi connectivity index (χ1) is 8.31. The van der Waals surface area contributed by atoms with Crippen molar-refractivity contribution >= 4 is 12.0 Å². The Hall–Kier alpha value is -1.38. The van der Waals surface area contributed by atoms with Crippen molar-refractivity contribution in [3.05, 3.63) is 29.6 Å². The van der Waals surface area contributed by atoms with Crippen LogP contribution in [0.2, 0.25) is 0 Å². The average molecular weight is 235 g/mol. The maximum Gasteiger partial charge on any atom is 0.146 e. The fraction of sp³-hybridized carbons (Fsp3) is 0.500. The van der Waals surface area contributed by atoms with Crippen LogP contribution in [0.15, 0.2) is 18.2 Å². The summed E-state index contributed by atoms with van der Waals surface area (Å²) in [6.45, 7) is 1.90. The monoisotopic (exact) mass is 235 g/mol. The van der Waals surface area contributed by atoms with E-state index >= 15 is 0 Å². The van der Waals surface area contributed by atoms with Crippen molar-refractivity contribution in [1.82, 2.24) is 0 Å². The number of nitrogens with zero attached hydrogens (tertiary/aromatic N) is 1. The molecule has 1 fully saturated rings. The van der Waals surface area contributed by atoms with Crippen molar-refractivity contribution in [3.8, 4) is 0 Å². The first kappa shape index (κ1) is 12.1. The number of carbonyl (C=O) groups is 1. The Bertz CT molecular complexity index is 386. The molecule has 3 heteroatoms. The van der Waals surface area contributed by atoms with Crippen LogP contribution in [0.4, 0.5) is 10.1 Å². The molecule has 1 saturated heterocycles. The van der Waals surface area contributed by atoms with Gasteiger partial charge in [0.15, 0.2) is 0 Å². The number of hydrogen-bond acceptors (Lipinski definition) is 2. The van der Waals surface area contributed by atoms with Crippen LogP contribution < -0.4 is 4.90 Å². The molecule has 2 rings (SSSR count). The molecule has 0 aromatic heterocycles. The number of hydrogen-bond donors (Lipinski definition) is 0. The van der Waals surface area contributed by atoms with E-state index < -0.39 is 0 Å². The van der Waals surface area contributed by atoms with Crippen LogP contribution in [0.3, 0.4) is 0 Å². The molecule has 1 heterocycles. The molecule has 92 valence electrons. The number of rotatable bonds is 4. The Morgan fingerprint density at radius 2 is 2.00 bits per heavy atom. The molecule has 1 aromatic rings. The minimum atomic E-state index is -0.157. The van der Waals surface area contributed by atoms with Crippen LogP contribution in [0.25, 0.3) is 0 Å². The number of piperidine rings is 1. The molecule has 0 bridgehead atoms. The van der Waals surface area contributed by atoms with Crippen molar-refractivity contribution in [2.75, 3.05) is 18.0 Å². The zero-order valence-corrected chi connectivity index (χ0v) is 9.99. The Labute approximate surface area is 101 Å². The molecule has 0 aliphatic carbocycles. The highest BCUT2D eigenvalue weighted by Crippen LogP contribution is 2.24. The summed E-state index contributed by atoms with van der Waals surface area (Å²) < 4.78 is 13.9. The summed E-state index contributed by atoms with van der Waals surface area (Å²) in [6.07, 6.45) is 5.49. The Morgan fingerprint density at radius 3 is 2.65 bits per heavy atom. The lowest BCUT2D eigenvalue weighted by atomic mass is 10.1. The number of benzene rings is 1. The van der Waals surface area contributed by atoms with Gasteiger partial charge in [-0.15, -0.1) is 0 Å². The minimum Gasteiger partial charge on any atom is -0.369 e. The van der Waals surface area contributed by atoms with Gasteiger partial charge in [0.1, 0.15) is 12.1 Å². The van der Waals surface area contributed by atoms with Crippen molar-refractivity contribution in [1.29, 1.82) is 0 Å². The summed E-state index contributed by atoms with van der Waals surface area (Å²) in [4.78, 5) is 12.4. The number of aryl methyl sites for hydroxylation is 1. The van der Waals surface area contributed by atoms with E-state index in [0.29, 0.717) is 18.5 Å². The van der Waals surface area contributed by atoms with Gasteiger partial charge in [0.25, 0.3) is 0 Å². The second kappa shape index (κ2) is 5.80. The molecular weight excluding hydrogens is 217 g/mol. The fourth-order valence-corrected chi connectivity index (χ4v) is 2.32. The van der Waals surface area contributed by atoms with Gasteiger partial charge in [-0.1, -0.05) is 6.07 Å². The van der Waals surface area contributed by atoms with Gasteiger partial charge in [0.2, 0.25) is 0 Å². The zero-order valence-electron chi connectivity index (χ0n) is 9.99. The van der Waals surface area contributed by atoms with Gasteiger partial charge in [-0.2, -0.15) is 0 Å². The van der Waals surface area contributed by atoms with E-state index in [-0.39, 0.29) is 5.82 Å². The molecule has 0 radical (unpaired) electrons. The van der Waals surface area contributed by atoms with Crippen molar-refractivity contribution in [2.45, 2.75) is 32.1 Å². The van der Waals surface area contributed by atoms with Crippen LogP contribution in [-0.4, -0.2) is 19.4 Å². The van der Waals surface area contributed by atoms with E-state index in [1.165, 1.54) is 6.42 Å². The van der Waals surface area contributed by atoms with Crippen LogP contribution in [-0.2, 0) is 11.2 Å². The molecule has 0 saturated carbocycles. The third-order valence-electron chi connectivity index (χ3n) is 3.26. The van der Waals surface area contributed by atoms with Crippen LogP contribution in [0.1, 0.15) is 31.2 Å². The van der Waals surface area contributed by atoms with Crippen LogP contribution in [0, 0.1) is 5.82 Å². The fourth-order valence-electron chi connectivity index (χ4n) is 2.32. The maximum atomic E-state index is 13.9. The summed E-state index contributed by atoms with van der Waals surface area (Å²) in [5.74, 6) is -0.157. The van der Waals surface area contributed by atoms with Crippen molar-refractivity contribution in [3.63, 3.8) is 0 Å². The Balaban J connectivity index is 2.10. The summed E-state index contributed by atoms with van der Waals surface area (Å²) >= 11 is 0. The molecule has 1 aliphatic rings. The van der Waals surface area contributed by atoms with E-state index in [2.05, 4.69) is 4.90 Å². The van der Waals surface area contributed by atoms with Gasteiger partial charge in [-0.3, -0.25) is 0 Å². The van der Waals surface area contributed by atoms with Gasteiger partial charge in [0, 0.05) is 19.5 Å². The molecular formula is C14H18FNO. The number of carbonyl (C=O) groups excluding carboxylic acids is 1.